The lowest BCUT2D eigenvalue weighted by atomic mass is 10.0. The van der Waals surface area contributed by atoms with Crippen molar-refractivity contribution in [2.75, 3.05) is 0 Å². The van der Waals surface area contributed by atoms with Gasteiger partial charge in [0.05, 0.1) is 23.1 Å². The van der Waals surface area contributed by atoms with Crippen LogP contribution in [0.3, 0.4) is 0 Å². The van der Waals surface area contributed by atoms with E-state index in [9.17, 15) is 18.0 Å². The van der Waals surface area contributed by atoms with Crippen molar-refractivity contribution >= 4 is 11.6 Å². The van der Waals surface area contributed by atoms with Crippen molar-refractivity contribution in [3.8, 4) is 22.4 Å². The molecule has 0 aliphatic carbocycles. The van der Waals surface area contributed by atoms with Gasteiger partial charge in [-0.05, 0) is 58.9 Å². The van der Waals surface area contributed by atoms with Gasteiger partial charge in [0.1, 0.15) is 17.3 Å². The summed E-state index contributed by atoms with van der Waals surface area (Å²) in [5.41, 5.74) is -2.31. The third kappa shape index (κ3) is 5.30. The summed E-state index contributed by atoms with van der Waals surface area (Å²) in [6, 6.07) is 7.26. The number of carbonyl (C=O) groups excluding carboxylic acids is 1. The molecule has 3 heterocycles. The Kier molecular flexibility index (Phi) is 6.86. The Morgan fingerprint density at radius 3 is 2.24 bits per heavy atom. The normalized spacial score (nSPS) is 11.8. The van der Waals surface area contributed by atoms with Crippen LogP contribution in [0.5, 0.6) is 0 Å². The predicted octanol–water partition coefficient (Wildman–Crippen LogP) is 6.26. The van der Waals surface area contributed by atoms with E-state index in [4.69, 9.17) is 0 Å². The average Bonchev–Trinajstić information content (AvgIpc) is 3.17. The fourth-order valence-corrected chi connectivity index (χ4v) is 2.93. The van der Waals surface area contributed by atoms with E-state index in [1.54, 1.807) is 22.7 Å². The molecule has 0 N–H and O–H groups in total. The molecule has 0 radical (unpaired) electrons. The van der Waals surface area contributed by atoms with E-state index in [-0.39, 0.29) is 22.6 Å². The fraction of sp³-hybridized carbons (Fsp3) is 0.280. The highest BCUT2D eigenvalue weighted by Crippen LogP contribution is 2.33. The second kappa shape index (κ2) is 9.32. The number of aromatic nitrogens is 4. The molecule has 9 heteroatoms. The van der Waals surface area contributed by atoms with Crippen molar-refractivity contribution in [3.63, 3.8) is 0 Å². The molecule has 4 aromatic rings. The molecule has 0 unspecified atom stereocenters. The topological polar surface area (TPSA) is 60.2 Å². The van der Waals surface area contributed by atoms with Gasteiger partial charge in [-0.3, -0.25) is 14.2 Å². The highest BCUT2D eigenvalue weighted by atomic mass is 19.2. The summed E-state index contributed by atoms with van der Waals surface area (Å²) in [6.07, 6.45) is 5.94. The van der Waals surface area contributed by atoms with Crippen molar-refractivity contribution in [2.24, 2.45) is 0 Å². The van der Waals surface area contributed by atoms with Crippen LogP contribution in [0.25, 0.3) is 28.2 Å². The van der Waals surface area contributed by atoms with Gasteiger partial charge < -0.3 is 0 Å². The van der Waals surface area contributed by atoms with Crippen LogP contribution in [-0.2, 0) is 10.5 Å². The molecule has 4 rings (SSSR count). The number of pyridine rings is 1. The van der Waals surface area contributed by atoms with E-state index in [0.29, 0.717) is 11.3 Å². The van der Waals surface area contributed by atoms with Crippen LogP contribution >= 0.6 is 0 Å². The first kappa shape index (κ1) is 25.0. The molecular formula is C25H24F4N4O. The zero-order valence-corrected chi connectivity index (χ0v) is 19.4. The smallest absolute Gasteiger partial charge is 0.234 e. The van der Waals surface area contributed by atoms with E-state index in [2.05, 4.69) is 15.0 Å². The molecule has 0 amide bonds. The van der Waals surface area contributed by atoms with Gasteiger partial charge in [0.15, 0.2) is 11.5 Å². The number of hydrogen-bond acceptors (Lipinski definition) is 4. The molecule has 0 bridgehead atoms. The fourth-order valence-electron chi connectivity index (χ4n) is 2.93. The Bertz CT molecular complexity index is 1320. The van der Waals surface area contributed by atoms with Gasteiger partial charge in [0.25, 0.3) is 0 Å². The van der Waals surface area contributed by atoms with Gasteiger partial charge in [-0.1, -0.05) is 6.07 Å². The minimum atomic E-state index is -1.64. The quantitative estimate of drug-likeness (QED) is 0.329. The Hall–Kier alpha value is -3.62. The van der Waals surface area contributed by atoms with E-state index in [1.165, 1.54) is 71.4 Å². The highest BCUT2D eigenvalue weighted by molar-refractivity contribution is 5.83. The number of benzene rings is 1. The van der Waals surface area contributed by atoms with Crippen LogP contribution in [0.2, 0.25) is 0 Å². The number of Topliss-reactive ketones (excluding diaryl/α,β-unsaturated/α-hetero) is 1. The Morgan fingerprint density at radius 1 is 1.00 bits per heavy atom. The lowest BCUT2D eigenvalue weighted by molar-refractivity contribution is -0.126. The van der Waals surface area contributed by atoms with Crippen molar-refractivity contribution in [2.45, 2.75) is 46.0 Å². The van der Waals surface area contributed by atoms with E-state index in [0.717, 1.165) is 0 Å². The molecule has 0 spiro atoms. The van der Waals surface area contributed by atoms with Crippen LogP contribution in [-0.4, -0.2) is 30.8 Å². The maximum Gasteiger partial charge on any atom is 0.234 e. The lowest BCUT2D eigenvalue weighted by Gasteiger charge is -2.13. The van der Waals surface area contributed by atoms with Crippen LogP contribution in [0.15, 0.2) is 55.1 Å². The Balaban J connectivity index is 0.000000406. The molecule has 0 aliphatic heterocycles. The van der Waals surface area contributed by atoms with Crippen LogP contribution in [0.4, 0.5) is 17.6 Å². The van der Waals surface area contributed by atoms with Gasteiger partial charge in [-0.25, -0.2) is 27.5 Å². The monoisotopic (exact) mass is 472 g/mol. The Morgan fingerprint density at radius 2 is 1.68 bits per heavy atom. The molecule has 0 saturated heterocycles. The number of halogens is 4. The zero-order chi connectivity index (χ0) is 25.3. The minimum Gasteiger partial charge on any atom is -0.296 e. The largest absolute Gasteiger partial charge is 0.296 e. The minimum absolute atomic E-state index is 0.162. The molecule has 34 heavy (non-hydrogen) atoms. The summed E-state index contributed by atoms with van der Waals surface area (Å²) >= 11 is 0. The van der Waals surface area contributed by atoms with Gasteiger partial charge in [-0.15, -0.1) is 0 Å². The summed E-state index contributed by atoms with van der Waals surface area (Å²) in [6.45, 7) is 6.52. The molecule has 0 aliphatic rings. The van der Waals surface area contributed by atoms with Crippen LogP contribution in [0.1, 0.15) is 40.3 Å². The average molecular weight is 472 g/mol. The van der Waals surface area contributed by atoms with Crippen LogP contribution < -0.4 is 0 Å². The lowest BCUT2D eigenvalue weighted by Crippen LogP contribution is -2.22. The van der Waals surface area contributed by atoms with Crippen molar-refractivity contribution < 1.29 is 22.4 Å². The summed E-state index contributed by atoms with van der Waals surface area (Å²) in [5.74, 6) is -1.59. The molecule has 0 fully saturated rings. The first-order valence-corrected chi connectivity index (χ1v) is 10.4. The number of imidazole rings is 1. The maximum absolute atomic E-state index is 15.2. The number of rotatable bonds is 4. The number of fused-ring (bicyclic) bond motifs is 1. The molecule has 5 nitrogen and oxygen atoms in total. The van der Waals surface area contributed by atoms with Crippen molar-refractivity contribution in [1.82, 2.24) is 19.4 Å². The van der Waals surface area contributed by atoms with Crippen molar-refractivity contribution in [1.29, 1.82) is 0 Å². The summed E-state index contributed by atoms with van der Waals surface area (Å²) in [7, 11) is 0. The SMILES string of the molecule is CC(=O)C(C)(C)F.CC(C)(F)c1ccn2c(-c3ccc(F)c(-c4cccnc4)c3F)cnc2n1. The second-order valence-electron chi connectivity index (χ2n) is 8.65. The number of carbonyl (C=O) groups is 1. The molecular weight excluding hydrogens is 448 g/mol. The number of hydrogen-bond donors (Lipinski definition) is 0. The predicted molar refractivity (Wildman–Crippen MR) is 122 cm³/mol. The third-order valence-electron chi connectivity index (χ3n) is 5.14. The van der Waals surface area contributed by atoms with Gasteiger partial charge >= 0.3 is 0 Å². The standard InChI is InChI=1S/C20H15F3N4.C5H9FO/c1-20(2,23)16-7-9-27-15(11-25-19(27)26-16)13-5-6-14(21)17(18(13)22)12-4-3-8-24-10-12;1-4(7)5(2,3)6/h3-11H,1-2H3;1-3H3. The van der Waals surface area contributed by atoms with Gasteiger partial charge in [-0.2, -0.15) is 0 Å². The number of nitrogens with zero attached hydrogens (tertiary/aromatic N) is 4. The molecule has 3 aromatic heterocycles. The van der Waals surface area contributed by atoms with Gasteiger partial charge in [0.2, 0.25) is 5.78 Å². The number of alkyl halides is 2. The van der Waals surface area contributed by atoms with E-state index in [1.807, 2.05) is 0 Å². The van der Waals surface area contributed by atoms with Crippen LogP contribution in [0, 0.1) is 11.6 Å². The summed E-state index contributed by atoms with van der Waals surface area (Å²) in [4.78, 5) is 22.4. The van der Waals surface area contributed by atoms with Crippen molar-refractivity contribution in [3.05, 3.63) is 72.4 Å². The Labute approximate surface area is 194 Å². The highest BCUT2D eigenvalue weighted by Gasteiger charge is 2.23. The van der Waals surface area contributed by atoms with Gasteiger partial charge in [0, 0.05) is 29.7 Å². The first-order valence-electron chi connectivity index (χ1n) is 10.4. The van der Waals surface area contributed by atoms with E-state index >= 15 is 4.39 Å². The first-order chi connectivity index (χ1) is 15.8. The molecule has 178 valence electrons. The third-order valence-corrected chi connectivity index (χ3v) is 5.14. The zero-order valence-electron chi connectivity index (χ0n) is 19.4. The molecule has 0 saturated carbocycles. The summed E-state index contributed by atoms with van der Waals surface area (Å²) < 4.78 is 57.3. The maximum atomic E-state index is 15.2. The summed E-state index contributed by atoms with van der Waals surface area (Å²) in [5, 5.41) is 0. The second-order valence-corrected chi connectivity index (χ2v) is 8.65. The molecule has 0 atom stereocenters. The molecule has 1 aromatic carbocycles. The van der Waals surface area contributed by atoms with E-state index < -0.39 is 28.8 Å². The number of ketones is 1.